The first-order valence-electron chi connectivity index (χ1n) is 9.20. The van der Waals surface area contributed by atoms with E-state index in [1.54, 1.807) is 26.9 Å². The van der Waals surface area contributed by atoms with Crippen LogP contribution in [0.1, 0.15) is 30.9 Å². The van der Waals surface area contributed by atoms with Crippen molar-refractivity contribution in [1.82, 2.24) is 33.7 Å². The van der Waals surface area contributed by atoms with Crippen molar-refractivity contribution in [2.75, 3.05) is 5.32 Å². The summed E-state index contributed by atoms with van der Waals surface area (Å²) in [5.74, 6) is 0.396. The smallest absolute Gasteiger partial charge is 0.330 e. The van der Waals surface area contributed by atoms with E-state index in [-0.39, 0.29) is 17.8 Å². The second kappa shape index (κ2) is 6.13. The van der Waals surface area contributed by atoms with Crippen LogP contribution in [0.2, 0.25) is 0 Å². The number of anilines is 2. The summed E-state index contributed by atoms with van der Waals surface area (Å²) in [5, 5.41) is 17.3. The zero-order valence-corrected chi connectivity index (χ0v) is 15.6. The molecule has 10 nitrogen and oxygen atoms in total. The van der Waals surface area contributed by atoms with Gasteiger partial charge in [-0.15, -0.1) is 0 Å². The highest BCUT2D eigenvalue weighted by molar-refractivity contribution is 5.73. The third-order valence-electron chi connectivity index (χ3n) is 5.44. The fourth-order valence-electron chi connectivity index (χ4n) is 3.90. The van der Waals surface area contributed by atoms with Gasteiger partial charge >= 0.3 is 5.69 Å². The Balaban J connectivity index is 1.59. The second-order valence-electron chi connectivity index (χ2n) is 7.29. The number of pyridine rings is 1. The normalized spacial score (nSPS) is 19.7. The molecule has 0 amide bonds. The third-order valence-corrected chi connectivity index (χ3v) is 5.44. The van der Waals surface area contributed by atoms with Crippen molar-refractivity contribution in [3.05, 3.63) is 40.8 Å². The number of fused-ring (bicyclic) bond motifs is 2. The fraction of sp³-hybridized carbons (Fsp3) is 0.389. The summed E-state index contributed by atoms with van der Waals surface area (Å²) in [7, 11) is 1.71. The average molecular weight is 380 g/mol. The van der Waals surface area contributed by atoms with E-state index in [4.69, 9.17) is 0 Å². The molecule has 1 saturated carbocycles. The SMILES string of the molecule is Cc1cc2ncnn2cc1Nc1ncc2c(n1)n(C1CC[C@H](O)C1)c(=O)n2C. The maximum absolute atomic E-state index is 12.8. The zero-order valence-electron chi connectivity index (χ0n) is 15.6. The van der Waals surface area contributed by atoms with Gasteiger partial charge in [0.2, 0.25) is 5.95 Å². The molecule has 1 unspecified atom stereocenters. The summed E-state index contributed by atoms with van der Waals surface area (Å²) in [6, 6.07) is 1.87. The predicted molar refractivity (Wildman–Crippen MR) is 103 cm³/mol. The maximum Gasteiger partial charge on any atom is 0.330 e. The molecule has 2 N–H and O–H groups in total. The van der Waals surface area contributed by atoms with Crippen molar-refractivity contribution >= 4 is 28.4 Å². The van der Waals surface area contributed by atoms with Gasteiger partial charge in [-0.3, -0.25) is 9.13 Å². The topological polar surface area (TPSA) is 115 Å². The lowest BCUT2D eigenvalue weighted by molar-refractivity contribution is 0.178. The van der Waals surface area contributed by atoms with Crippen molar-refractivity contribution in [3.63, 3.8) is 0 Å². The molecule has 10 heteroatoms. The Morgan fingerprint density at radius 1 is 1.29 bits per heavy atom. The minimum absolute atomic E-state index is 0.0535. The molecule has 0 saturated heterocycles. The van der Waals surface area contributed by atoms with Crippen LogP contribution in [0.4, 0.5) is 11.6 Å². The van der Waals surface area contributed by atoms with Crippen LogP contribution in [0.3, 0.4) is 0 Å². The standard InChI is InChI=1S/C18H20N8O2/c1-10-5-15-20-9-21-25(15)8-13(10)22-17-19-7-14-16(23-17)26(18(28)24(14)2)11-3-4-12(27)6-11/h5,7-9,11-12,27H,3-4,6H2,1-2H3,(H,19,22,23)/t11?,12-/m0/s1. The number of nitrogens with one attached hydrogen (secondary N) is 1. The van der Waals surface area contributed by atoms with Gasteiger partial charge in [0.1, 0.15) is 11.8 Å². The number of imidazole rings is 1. The number of rotatable bonds is 3. The molecule has 1 fully saturated rings. The monoisotopic (exact) mass is 380 g/mol. The number of aryl methyl sites for hydroxylation is 2. The Morgan fingerprint density at radius 3 is 2.93 bits per heavy atom. The molecule has 144 valence electrons. The molecule has 5 rings (SSSR count). The largest absolute Gasteiger partial charge is 0.393 e. The molecule has 0 aromatic carbocycles. The Hall–Kier alpha value is -3.27. The molecule has 0 radical (unpaired) electrons. The highest BCUT2D eigenvalue weighted by Crippen LogP contribution is 2.31. The van der Waals surface area contributed by atoms with Gasteiger partial charge in [-0.25, -0.2) is 19.3 Å². The number of aliphatic hydroxyl groups is 1. The molecule has 0 spiro atoms. The highest BCUT2D eigenvalue weighted by atomic mass is 16.3. The molecule has 4 aromatic rings. The predicted octanol–water partition coefficient (Wildman–Crippen LogP) is 1.31. The van der Waals surface area contributed by atoms with Crippen LogP contribution in [0, 0.1) is 6.92 Å². The second-order valence-corrected chi connectivity index (χ2v) is 7.29. The summed E-state index contributed by atoms with van der Waals surface area (Å²) >= 11 is 0. The van der Waals surface area contributed by atoms with Crippen molar-refractivity contribution in [3.8, 4) is 0 Å². The van der Waals surface area contributed by atoms with Crippen molar-refractivity contribution in [1.29, 1.82) is 0 Å². The number of aromatic nitrogens is 7. The highest BCUT2D eigenvalue weighted by Gasteiger charge is 2.28. The van der Waals surface area contributed by atoms with Crippen LogP contribution in [0.15, 0.2) is 29.6 Å². The van der Waals surface area contributed by atoms with Gasteiger partial charge in [0, 0.05) is 13.1 Å². The Kier molecular flexibility index (Phi) is 3.69. The summed E-state index contributed by atoms with van der Waals surface area (Å²) in [6.45, 7) is 1.97. The van der Waals surface area contributed by atoms with Crippen LogP contribution in [0.25, 0.3) is 16.8 Å². The molecule has 0 bridgehead atoms. The Bertz CT molecular complexity index is 1250. The van der Waals surface area contributed by atoms with E-state index in [0.717, 1.165) is 23.3 Å². The van der Waals surface area contributed by atoms with Crippen LogP contribution >= 0.6 is 0 Å². The van der Waals surface area contributed by atoms with Gasteiger partial charge < -0.3 is 10.4 Å². The lowest BCUT2D eigenvalue weighted by Gasteiger charge is -2.12. The van der Waals surface area contributed by atoms with Gasteiger partial charge in [-0.1, -0.05) is 0 Å². The molecular formula is C18H20N8O2. The van der Waals surface area contributed by atoms with E-state index < -0.39 is 0 Å². The third kappa shape index (κ3) is 2.56. The molecular weight excluding hydrogens is 360 g/mol. The maximum atomic E-state index is 12.8. The molecule has 28 heavy (non-hydrogen) atoms. The first kappa shape index (κ1) is 16.9. The molecule has 2 atom stereocenters. The Labute approximate surface area is 159 Å². The summed E-state index contributed by atoms with van der Waals surface area (Å²) in [4.78, 5) is 25.9. The minimum atomic E-state index is -0.372. The molecule has 1 aliphatic rings. The van der Waals surface area contributed by atoms with Gasteiger partial charge in [0.15, 0.2) is 11.3 Å². The fourth-order valence-corrected chi connectivity index (χ4v) is 3.90. The minimum Gasteiger partial charge on any atom is -0.393 e. The number of aliphatic hydroxyl groups excluding tert-OH is 1. The molecule has 1 aliphatic carbocycles. The number of hydrogen-bond donors (Lipinski definition) is 2. The van der Waals surface area contributed by atoms with E-state index in [2.05, 4.69) is 25.4 Å². The zero-order chi connectivity index (χ0) is 19.4. The molecule has 4 aromatic heterocycles. The van der Waals surface area contributed by atoms with Crippen molar-refractivity contribution in [2.24, 2.45) is 7.05 Å². The van der Waals surface area contributed by atoms with E-state index >= 15 is 0 Å². The summed E-state index contributed by atoms with van der Waals surface area (Å²) < 4.78 is 4.91. The van der Waals surface area contributed by atoms with Gasteiger partial charge in [0.05, 0.1) is 24.2 Å². The van der Waals surface area contributed by atoms with Crippen LogP contribution in [-0.2, 0) is 7.05 Å². The number of nitrogens with zero attached hydrogens (tertiary/aromatic N) is 7. The average Bonchev–Trinajstić information content (AvgIpc) is 3.35. The lowest BCUT2D eigenvalue weighted by Crippen LogP contribution is -2.25. The van der Waals surface area contributed by atoms with E-state index in [1.807, 2.05) is 19.2 Å². The van der Waals surface area contributed by atoms with Crippen LogP contribution in [0.5, 0.6) is 0 Å². The van der Waals surface area contributed by atoms with Crippen molar-refractivity contribution in [2.45, 2.75) is 38.3 Å². The number of hydrogen-bond acceptors (Lipinski definition) is 7. The van der Waals surface area contributed by atoms with Crippen molar-refractivity contribution < 1.29 is 5.11 Å². The van der Waals surface area contributed by atoms with Gasteiger partial charge in [-0.05, 0) is 37.8 Å². The van der Waals surface area contributed by atoms with E-state index in [0.29, 0.717) is 30.0 Å². The van der Waals surface area contributed by atoms with Crippen LogP contribution in [-0.4, -0.2) is 44.9 Å². The van der Waals surface area contributed by atoms with E-state index in [9.17, 15) is 9.90 Å². The first-order valence-corrected chi connectivity index (χ1v) is 9.20. The Morgan fingerprint density at radius 2 is 2.14 bits per heavy atom. The summed E-state index contributed by atoms with van der Waals surface area (Å²) in [6.07, 6.45) is 6.63. The van der Waals surface area contributed by atoms with Crippen LogP contribution < -0.4 is 11.0 Å². The first-order chi connectivity index (χ1) is 13.5. The van der Waals surface area contributed by atoms with Gasteiger partial charge in [-0.2, -0.15) is 10.1 Å². The summed E-state index contributed by atoms with van der Waals surface area (Å²) in [5.41, 5.74) is 3.65. The lowest BCUT2D eigenvalue weighted by atomic mass is 10.2. The molecule has 4 heterocycles. The van der Waals surface area contributed by atoms with E-state index in [1.165, 1.54) is 6.33 Å². The quantitative estimate of drug-likeness (QED) is 0.550. The molecule has 0 aliphatic heterocycles. The van der Waals surface area contributed by atoms with Gasteiger partial charge in [0.25, 0.3) is 0 Å².